The van der Waals surface area contributed by atoms with E-state index >= 15 is 0 Å². The van der Waals surface area contributed by atoms with E-state index in [1.54, 1.807) is 38.3 Å². The van der Waals surface area contributed by atoms with E-state index < -0.39 is 17.9 Å². The smallest absolute Gasteiger partial charge is 0.279 e. The van der Waals surface area contributed by atoms with Crippen LogP contribution in [0.1, 0.15) is 17.3 Å². The van der Waals surface area contributed by atoms with E-state index in [-0.39, 0.29) is 5.11 Å². The van der Waals surface area contributed by atoms with E-state index in [0.717, 1.165) is 14.3 Å². The van der Waals surface area contributed by atoms with E-state index in [2.05, 4.69) is 38.8 Å². The summed E-state index contributed by atoms with van der Waals surface area (Å²) >= 11 is 7.15. The Morgan fingerprint density at radius 3 is 2.45 bits per heavy atom. The first kappa shape index (κ1) is 22.8. The molecule has 0 bridgehead atoms. The molecule has 7 nitrogen and oxygen atoms in total. The molecule has 31 heavy (non-hydrogen) atoms. The first-order chi connectivity index (χ1) is 14.9. The molecule has 0 aliphatic rings. The van der Waals surface area contributed by atoms with E-state index in [9.17, 15) is 9.59 Å². The molecule has 160 valence electrons. The summed E-state index contributed by atoms with van der Waals surface area (Å²) in [5.41, 5.74) is 5.36. The second kappa shape index (κ2) is 10.4. The summed E-state index contributed by atoms with van der Waals surface area (Å²) in [5, 5.41) is 4.57. The van der Waals surface area contributed by atoms with Crippen molar-refractivity contribution in [2.45, 2.75) is 13.0 Å². The fraction of sp³-hybridized carbons (Fsp3) is 0.136. The lowest BCUT2D eigenvalue weighted by molar-refractivity contribution is -0.127. The molecule has 0 heterocycles. The molecule has 9 heteroatoms. The first-order valence-corrected chi connectivity index (χ1v) is 10.8. The van der Waals surface area contributed by atoms with Crippen molar-refractivity contribution >= 4 is 62.5 Å². The number of carbonyl (C=O) groups is 2. The summed E-state index contributed by atoms with van der Waals surface area (Å²) in [7, 11) is 1.56. The molecule has 3 aromatic rings. The van der Waals surface area contributed by atoms with Crippen LogP contribution in [0.15, 0.2) is 60.7 Å². The SMILES string of the molecule is COc1ccc(C(=O)NC(=S)NNC(=O)C(C)Oc2ccc3ccccc3c2)cc1I. The number of hydrazine groups is 1. The second-order valence-corrected chi connectivity index (χ2v) is 8.09. The number of rotatable bonds is 5. The van der Waals surface area contributed by atoms with Crippen LogP contribution in [0.2, 0.25) is 0 Å². The minimum absolute atomic E-state index is 0.0397. The zero-order valence-electron chi connectivity index (χ0n) is 16.8. The zero-order valence-corrected chi connectivity index (χ0v) is 19.7. The number of fused-ring (bicyclic) bond motifs is 1. The summed E-state index contributed by atoms with van der Waals surface area (Å²) in [4.78, 5) is 24.6. The third-order valence-corrected chi connectivity index (χ3v) is 5.39. The molecule has 1 unspecified atom stereocenters. The van der Waals surface area contributed by atoms with Crippen molar-refractivity contribution in [3.05, 3.63) is 69.8 Å². The molecule has 2 amide bonds. The molecule has 0 aliphatic carbocycles. The molecule has 0 radical (unpaired) electrons. The Hall–Kier alpha value is -2.92. The van der Waals surface area contributed by atoms with Gasteiger partial charge in [-0.05, 0) is 82.8 Å². The number of halogens is 1. The topological polar surface area (TPSA) is 88.7 Å². The molecule has 3 aromatic carbocycles. The van der Waals surface area contributed by atoms with Crippen LogP contribution in [0.5, 0.6) is 11.5 Å². The fourth-order valence-electron chi connectivity index (χ4n) is 2.73. The Kier molecular flexibility index (Phi) is 7.64. The van der Waals surface area contributed by atoms with Gasteiger partial charge in [0.05, 0.1) is 10.7 Å². The molecular weight excluding hydrogens is 529 g/mol. The van der Waals surface area contributed by atoms with Crippen molar-refractivity contribution in [3.8, 4) is 11.5 Å². The first-order valence-electron chi connectivity index (χ1n) is 9.27. The number of benzene rings is 3. The number of nitrogens with one attached hydrogen (secondary N) is 3. The monoisotopic (exact) mass is 549 g/mol. The van der Waals surface area contributed by atoms with Crippen LogP contribution in [-0.2, 0) is 4.79 Å². The summed E-state index contributed by atoms with van der Waals surface area (Å²) in [6.07, 6.45) is -0.782. The normalized spacial score (nSPS) is 11.3. The van der Waals surface area contributed by atoms with Gasteiger partial charge in [-0.3, -0.25) is 25.8 Å². The molecule has 0 spiro atoms. The minimum atomic E-state index is -0.782. The van der Waals surface area contributed by atoms with Gasteiger partial charge in [0, 0.05) is 5.56 Å². The van der Waals surface area contributed by atoms with Crippen molar-refractivity contribution in [3.63, 3.8) is 0 Å². The number of thiocarbonyl (C=S) groups is 1. The average molecular weight is 549 g/mol. The van der Waals surface area contributed by atoms with Gasteiger partial charge in [-0.15, -0.1) is 0 Å². The van der Waals surface area contributed by atoms with Crippen molar-refractivity contribution in [2.75, 3.05) is 7.11 Å². The highest BCUT2D eigenvalue weighted by Crippen LogP contribution is 2.22. The van der Waals surface area contributed by atoms with Crippen LogP contribution in [0.4, 0.5) is 0 Å². The van der Waals surface area contributed by atoms with Crippen molar-refractivity contribution < 1.29 is 19.1 Å². The van der Waals surface area contributed by atoms with E-state index in [1.165, 1.54) is 0 Å². The van der Waals surface area contributed by atoms with Crippen LogP contribution in [0, 0.1) is 3.57 Å². The lowest BCUT2D eigenvalue weighted by atomic mass is 10.1. The predicted octanol–water partition coefficient (Wildman–Crippen LogP) is 3.56. The van der Waals surface area contributed by atoms with E-state index in [0.29, 0.717) is 17.1 Å². The standard InChI is InChI=1S/C22H20IN3O4S/c1-13(30-17-9-7-14-5-3-4-6-15(14)11-17)20(27)25-26-22(31)24-21(28)16-8-10-19(29-2)18(23)12-16/h3-13H,1-2H3,(H,25,27)(H2,24,26,28,31). The Labute approximate surface area is 198 Å². The van der Waals surface area contributed by atoms with Crippen LogP contribution >= 0.6 is 34.8 Å². The molecule has 0 saturated heterocycles. The molecule has 3 N–H and O–H groups in total. The molecular formula is C22H20IN3O4S. The summed E-state index contributed by atoms with van der Waals surface area (Å²) in [6, 6.07) is 18.5. The van der Waals surface area contributed by atoms with Gasteiger partial charge in [0.15, 0.2) is 11.2 Å². The van der Waals surface area contributed by atoms with E-state index in [1.807, 2.05) is 36.4 Å². The van der Waals surface area contributed by atoms with Crippen molar-refractivity contribution in [1.29, 1.82) is 0 Å². The lowest BCUT2D eigenvalue weighted by Crippen LogP contribution is -2.51. The largest absolute Gasteiger partial charge is 0.496 e. The van der Waals surface area contributed by atoms with Gasteiger partial charge in [0.1, 0.15) is 11.5 Å². The van der Waals surface area contributed by atoms with Gasteiger partial charge in [0.2, 0.25) is 0 Å². The van der Waals surface area contributed by atoms with Gasteiger partial charge >= 0.3 is 0 Å². The van der Waals surface area contributed by atoms with Crippen LogP contribution in [0.25, 0.3) is 10.8 Å². The maximum atomic E-state index is 12.3. The second-order valence-electron chi connectivity index (χ2n) is 6.52. The summed E-state index contributed by atoms with van der Waals surface area (Å²) < 4.78 is 11.7. The minimum Gasteiger partial charge on any atom is -0.496 e. The zero-order chi connectivity index (χ0) is 22.4. The number of methoxy groups -OCH3 is 1. The predicted molar refractivity (Wildman–Crippen MR) is 131 cm³/mol. The maximum Gasteiger partial charge on any atom is 0.279 e. The summed E-state index contributed by atoms with van der Waals surface area (Å²) in [5.74, 6) is 0.397. The Morgan fingerprint density at radius 1 is 1.00 bits per heavy atom. The molecule has 0 aromatic heterocycles. The molecule has 3 rings (SSSR count). The lowest BCUT2D eigenvalue weighted by Gasteiger charge is -2.16. The molecule has 0 fully saturated rings. The van der Waals surface area contributed by atoms with Crippen molar-refractivity contribution in [2.24, 2.45) is 0 Å². The number of ether oxygens (including phenoxy) is 2. The third-order valence-electron chi connectivity index (χ3n) is 4.34. The molecule has 0 aliphatic heterocycles. The number of amides is 2. The Balaban J connectivity index is 1.50. The van der Waals surface area contributed by atoms with Gasteiger partial charge in [-0.2, -0.15) is 0 Å². The highest BCUT2D eigenvalue weighted by atomic mass is 127. The summed E-state index contributed by atoms with van der Waals surface area (Å²) in [6.45, 7) is 1.62. The third kappa shape index (κ3) is 6.05. The highest BCUT2D eigenvalue weighted by Gasteiger charge is 2.16. The highest BCUT2D eigenvalue weighted by molar-refractivity contribution is 14.1. The average Bonchev–Trinajstić information content (AvgIpc) is 2.77. The number of hydrogen-bond donors (Lipinski definition) is 3. The Morgan fingerprint density at radius 2 is 1.74 bits per heavy atom. The van der Waals surface area contributed by atoms with E-state index in [4.69, 9.17) is 21.7 Å². The van der Waals surface area contributed by atoms with Crippen molar-refractivity contribution in [1.82, 2.24) is 16.2 Å². The van der Waals surface area contributed by atoms with Gasteiger partial charge in [0.25, 0.3) is 11.8 Å². The van der Waals surface area contributed by atoms with Crippen LogP contribution < -0.4 is 25.6 Å². The van der Waals surface area contributed by atoms with Crippen LogP contribution in [-0.4, -0.2) is 30.1 Å². The number of hydrogen-bond acceptors (Lipinski definition) is 5. The number of carbonyl (C=O) groups excluding carboxylic acids is 2. The molecule has 1 atom stereocenters. The maximum absolute atomic E-state index is 12.3. The Bertz CT molecular complexity index is 1140. The fourth-order valence-corrected chi connectivity index (χ4v) is 3.61. The van der Waals surface area contributed by atoms with Gasteiger partial charge in [-0.25, -0.2) is 0 Å². The molecule has 0 saturated carbocycles. The van der Waals surface area contributed by atoms with Crippen LogP contribution in [0.3, 0.4) is 0 Å². The van der Waals surface area contributed by atoms with Gasteiger partial charge in [-0.1, -0.05) is 30.3 Å². The quantitative estimate of drug-likeness (QED) is 0.257. The van der Waals surface area contributed by atoms with Gasteiger partial charge < -0.3 is 9.47 Å².